The summed E-state index contributed by atoms with van der Waals surface area (Å²) in [6.07, 6.45) is 7.04. The average Bonchev–Trinajstić information content (AvgIpc) is 3.17. The fraction of sp³-hybridized carbons (Fsp3) is 0.421. The number of amides is 1. The Hall–Kier alpha value is -2.43. The van der Waals surface area contributed by atoms with Crippen LogP contribution in [0.2, 0.25) is 0 Å². The topological polar surface area (TPSA) is 58.1 Å². The van der Waals surface area contributed by atoms with Gasteiger partial charge in [0.05, 0.1) is 6.04 Å². The van der Waals surface area contributed by atoms with E-state index in [-0.39, 0.29) is 11.9 Å². The number of hydrogen-bond acceptors (Lipinski definition) is 4. The Morgan fingerprint density at radius 3 is 2.83 bits per heavy atom. The minimum absolute atomic E-state index is 0.0765. The van der Waals surface area contributed by atoms with Crippen LogP contribution in [0.3, 0.4) is 0 Å². The third-order valence-electron chi connectivity index (χ3n) is 4.99. The van der Waals surface area contributed by atoms with E-state index >= 15 is 0 Å². The Balaban J connectivity index is 1.52. The molecule has 1 unspecified atom stereocenters. The number of benzene rings is 1. The van der Waals surface area contributed by atoms with E-state index < -0.39 is 0 Å². The van der Waals surface area contributed by atoms with E-state index in [4.69, 9.17) is 0 Å². The second kappa shape index (κ2) is 6.59. The van der Waals surface area contributed by atoms with E-state index in [9.17, 15) is 4.79 Å². The highest BCUT2D eigenvalue weighted by Crippen LogP contribution is 2.29. The van der Waals surface area contributed by atoms with Crippen LogP contribution in [0.15, 0.2) is 36.7 Å². The number of aromatic nitrogens is 2. The molecule has 1 amide bonds. The van der Waals surface area contributed by atoms with Crippen molar-refractivity contribution in [1.82, 2.24) is 15.3 Å². The molecule has 124 valence electrons. The van der Waals surface area contributed by atoms with Crippen molar-refractivity contribution in [2.45, 2.75) is 38.1 Å². The van der Waals surface area contributed by atoms with Gasteiger partial charge in [0.25, 0.3) is 5.91 Å². The SMILES string of the molecule is O=C(NC1CCCc2ccccc21)c1cc(N2CCCC2)ncn1. The van der Waals surface area contributed by atoms with Crippen LogP contribution in [0.25, 0.3) is 0 Å². The van der Waals surface area contributed by atoms with Crippen LogP contribution in [0, 0.1) is 0 Å². The molecule has 24 heavy (non-hydrogen) atoms. The quantitative estimate of drug-likeness (QED) is 0.944. The number of carbonyl (C=O) groups excluding carboxylic acids is 1. The summed E-state index contributed by atoms with van der Waals surface area (Å²) in [6.45, 7) is 2.02. The third-order valence-corrected chi connectivity index (χ3v) is 4.99. The van der Waals surface area contributed by atoms with Crippen LogP contribution >= 0.6 is 0 Å². The highest BCUT2D eigenvalue weighted by Gasteiger charge is 2.23. The molecule has 0 spiro atoms. The predicted molar refractivity (Wildman–Crippen MR) is 93.1 cm³/mol. The molecule has 0 saturated carbocycles. The van der Waals surface area contributed by atoms with E-state index in [2.05, 4.69) is 38.4 Å². The zero-order valence-corrected chi connectivity index (χ0v) is 13.7. The number of anilines is 1. The Kier molecular flexibility index (Phi) is 4.15. The summed E-state index contributed by atoms with van der Waals surface area (Å²) in [5.74, 6) is 0.747. The normalized spacial score (nSPS) is 19.8. The summed E-state index contributed by atoms with van der Waals surface area (Å²) in [6, 6.07) is 10.3. The van der Waals surface area contributed by atoms with Gasteiger partial charge in [0, 0.05) is 19.2 Å². The molecule has 2 aliphatic rings. The molecule has 1 fully saturated rings. The number of nitrogens with one attached hydrogen (secondary N) is 1. The predicted octanol–water partition coefficient (Wildman–Crippen LogP) is 2.88. The molecule has 1 aliphatic heterocycles. The monoisotopic (exact) mass is 322 g/mol. The fourth-order valence-electron chi connectivity index (χ4n) is 3.73. The minimum atomic E-state index is -0.112. The van der Waals surface area contributed by atoms with Crippen molar-refractivity contribution in [3.63, 3.8) is 0 Å². The molecule has 4 rings (SSSR count). The van der Waals surface area contributed by atoms with Crippen LogP contribution in [0.1, 0.15) is 53.3 Å². The van der Waals surface area contributed by atoms with Crippen molar-refractivity contribution in [1.29, 1.82) is 0 Å². The molecule has 1 aromatic heterocycles. The van der Waals surface area contributed by atoms with Gasteiger partial charge in [0.2, 0.25) is 0 Å². The number of hydrogen-bond donors (Lipinski definition) is 1. The molecule has 1 saturated heterocycles. The molecule has 5 heteroatoms. The van der Waals surface area contributed by atoms with Gasteiger partial charge in [-0.15, -0.1) is 0 Å². The molecule has 0 bridgehead atoms. The number of fused-ring (bicyclic) bond motifs is 1. The van der Waals surface area contributed by atoms with E-state index in [1.54, 1.807) is 0 Å². The molecule has 1 atom stereocenters. The zero-order valence-electron chi connectivity index (χ0n) is 13.7. The van der Waals surface area contributed by atoms with Gasteiger partial charge in [-0.2, -0.15) is 0 Å². The maximum Gasteiger partial charge on any atom is 0.270 e. The van der Waals surface area contributed by atoms with E-state index in [0.29, 0.717) is 5.69 Å². The molecule has 2 heterocycles. The van der Waals surface area contributed by atoms with Crippen molar-refractivity contribution in [3.8, 4) is 0 Å². The van der Waals surface area contributed by atoms with Crippen LogP contribution in [-0.2, 0) is 6.42 Å². The van der Waals surface area contributed by atoms with E-state index in [0.717, 1.165) is 38.2 Å². The molecular formula is C19H22N4O. The maximum atomic E-state index is 12.7. The van der Waals surface area contributed by atoms with Crippen molar-refractivity contribution in [3.05, 3.63) is 53.5 Å². The van der Waals surface area contributed by atoms with Gasteiger partial charge in [-0.3, -0.25) is 4.79 Å². The highest BCUT2D eigenvalue weighted by molar-refractivity contribution is 5.93. The number of rotatable bonds is 3. The zero-order chi connectivity index (χ0) is 16.4. The first-order valence-corrected chi connectivity index (χ1v) is 8.77. The van der Waals surface area contributed by atoms with Crippen LogP contribution in [0.5, 0.6) is 0 Å². The lowest BCUT2D eigenvalue weighted by Gasteiger charge is -2.26. The lowest BCUT2D eigenvalue weighted by Crippen LogP contribution is -2.32. The van der Waals surface area contributed by atoms with Gasteiger partial charge < -0.3 is 10.2 Å². The number of carbonyl (C=O) groups is 1. The summed E-state index contributed by atoms with van der Waals surface area (Å²) in [7, 11) is 0. The van der Waals surface area contributed by atoms with Gasteiger partial charge in [-0.05, 0) is 43.2 Å². The largest absolute Gasteiger partial charge is 0.357 e. The van der Waals surface area contributed by atoms with Gasteiger partial charge in [0.1, 0.15) is 17.8 Å². The summed E-state index contributed by atoms with van der Waals surface area (Å²) >= 11 is 0. The van der Waals surface area contributed by atoms with E-state index in [1.165, 1.54) is 30.3 Å². The molecule has 1 aromatic carbocycles. The lowest BCUT2D eigenvalue weighted by molar-refractivity contribution is 0.0927. The van der Waals surface area contributed by atoms with Crippen molar-refractivity contribution < 1.29 is 4.79 Å². The van der Waals surface area contributed by atoms with Gasteiger partial charge in [-0.1, -0.05) is 24.3 Å². The number of aryl methyl sites for hydroxylation is 1. The molecule has 2 aromatic rings. The maximum absolute atomic E-state index is 12.7. The molecule has 5 nitrogen and oxygen atoms in total. The van der Waals surface area contributed by atoms with Crippen LogP contribution in [-0.4, -0.2) is 29.0 Å². The molecule has 1 aliphatic carbocycles. The second-order valence-corrected chi connectivity index (χ2v) is 6.57. The molecule has 1 N–H and O–H groups in total. The molecule has 0 radical (unpaired) electrons. The first-order valence-electron chi connectivity index (χ1n) is 8.77. The van der Waals surface area contributed by atoms with E-state index in [1.807, 2.05) is 12.1 Å². The van der Waals surface area contributed by atoms with Gasteiger partial charge in [0.15, 0.2) is 0 Å². The smallest absolute Gasteiger partial charge is 0.270 e. The standard InChI is InChI=1S/C19H22N4O/c24-19(17-12-18(21-13-20-17)23-10-3-4-11-23)22-16-9-5-7-14-6-1-2-8-15(14)16/h1-2,6,8,12-13,16H,3-5,7,9-11H2,(H,22,24). The van der Waals surface area contributed by atoms with Crippen LogP contribution in [0.4, 0.5) is 5.82 Å². The second-order valence-electron chi connectivity index (χ2n) is 6.57. The lowest BCUT2D eigenvalue weighted by atomic mass is 9.87. The van der Waals surface area contributed by atoms with Crippen molar-refractivity contribution in [2.24, 2.45) is 0 Å². The summed E-state index contributed by atoms with van der Waals surface area (Å²) in [4.78, 5) is 23.4. The summed E-state index contributed by atoms with van der Waals surface area (Å²) in [5.41, 5.74) is 3.04. The highest BCUT2D eigenvalue weighted by atomic mass is 16.1. The summed E-state index contributed by atoms with van der Waals surface area (Å²) in [5, 5.41) is 3.16. The minimum Gasteiger partial charge on any atom is -0.357 e. The average molecular weight is 322 g/mol. The fourth-order valence-corrected chi connectivity index (χ4v) is 3.73. The van der Waals surface area contributed by atoms with Crippen LogP contribution < -0.4 is 10.2 Å². The van der Waals surface area contributed by atoms with Crippen molar-refractivity contribution >= 4 is 11.7 Å². The van der Waals surface area contributed by atoms with Gasteiger partial charge in [-0.25, -0.2) is 9.97 Å². The van der Waals surface area contributed by atoms with Crippen molar-refractivity contribution in [2.75, 3.05) is 18.0 Å². The first kappa shape index (κ1) is 15.1. The van der Waals surface area contributed by atoms with Gasteiger partial charge >= 0.3 is 0 Å². The summed E-state index contributed by atoms with van der Waals surface area (Å²) < 4.78 is 0. The number of nitrogens with zero attached hydrogens (tertiary/aromatic N) is 3. The Bertz CT molecular complexity index is 740. The molecular weight excluding hydrogens is 300 g/mol. The third kappa shape index (κ3) is 2.98. The Morgan fingerprint density at radius 1 is 1.12 bits per heavy atom. The first-order chi connectivity index (χ1) is 11.8. The Morgan fingerprint density at radius 2 is 1.96 bits per heavy atom. The Labute approximate surface area is 142 Å².